The molecule has 1 N–H and O–H groups in total. The molecule has 0 aromatic heterocycles. The highest BCUT2D eigenvalue weighted by Gasteiger charge is 2.37. The second-order valence-corrected chi connectivity index (χ2v) is 9.51. The van der Waals surface area contributed by atoms with Crippen molar-refractivity contribution >= 4 is 39.9 Å². The molecular formula is C26H27N5O3S. The molecule has 1 saturated heterocycles. The summed E-state index contributed by atoms with van der Waals surface area (Å²) in [5.41, 5.74) is 3.16. The maximum Gasteiger partial charge on any atom is 0.283 e. The fourth-order valence-electron chi connectivity index (χ4n) is 4.18. The summed E-state index contributed by atoms with van der Waals surface area (Å²) in [5.74, 6) is 0.741. The van der Waals surface area contributed by atoms with Gasteiger partial charge >= 0.3 is 0 Å². The molecule has 1 fully saturated rings. The number of rotatable bonds is 5. The number of carbonyl (C=O) groups excluding carboxylic acids is 1. The van der Waals surface area contributed by atoms with E-state index in [4.69, 9.17) is 14.9 Å². The van der Waals surface area contributed by atoms with E-state index in [1.807, 2.05) is 43.3 Å². The van der Waals surface area contributed by atoms with Gasteiger partial charge in [0.1, 0.15) is 6.61 Å². The number of hydrogen-bond donors (Lipinski definition) is 1. The standard InChI is InChI=1S/C26H27N5O3S/c1-17-8-4-5-9-19(17)16-34-21-11-10-18(15-22(21)33-2)14-20-23(27)31-25(28-24(20)32)35-26(29-31)30-12-6-3-7-13-30/h4-5,8-11,14-15,27H,3,6-7,12-13,16H2,1-2H3/b20-14+,27-23?. The fourth-order valence-corrected chi connectivity index (χ4v) is 5.13. The first-order valence-corrected chi connectivity index (χ1v) is 12.5. The number of benzene rings is 2. The van der Waals surface area contributed by atoms with E-state index >= 15 is 0 Å². The first-order chi connectivity index (χ1) is 17.0. The number of aryl methyl sites for hydroxylation is 1. The van der Waals surface area contributed by atoms with Crippen molar-refractivity contribution in [3.05, 3.63) is 64.7 Å². The van der Waals surface area contributed by atoms with Crippen molar-refractivity contribution in [3.8, 4) is 11.5 Å². The Morgan fingerprint density at radius 1 is 1.09 bits per heavy atom. The van der Waals surface area contributed by atoms with Crippen LogP contribution in [0.4, 0.5) is 0 Å². The quantitative estimate of drug-likeness (QED) is 0.615. The molecule has 9 heteroatoms. The Labute approximate surface area is 208 Å². The van der Waals surface area contributed by atoms with Gasteiger partial charge < -0.3 is 14.4 Å². The summed E-state index contributed by atoms with van der Waals surface area (Å²) in [5, 5.41) is 15.9. The number of nitrogens with one attached hydrogen (secondary N) is 1. The Balaban J connectivity index is 1.35. The molecule has 0 radical (unpaired) electrons. The number of piperidine rings is 1. The van der Waals surface area contributed by atoms with Crippen LogP contribution in [0.5, 0.6) is 11.5 Å². The van der Waals surface area contributed by atoms with E-state index in [2.05, 4.69) is 15.0 Å². The zero-order valence-corrected chi connectivity index (χ0v) is 20.6. The van der Waals surface area contributed by atoms with Crippen molar-refractivity contribution in [2.24, 2.45) is 10.1 Å². The summed E-state index contributed by atoms with van der Waals surface area (Å²) in [4.78, 5) is 19.2. The van der Waals surface area contributed by atoms with Crippen LogP contribution in [0.25, 0.3) is 6.08 Å². The zero-order chi connectivity index (χ0) is 24.4. The van der Waals surface area contributed by atoms with Gasteiger partial charge in [0, 0.05) is 13.1 Å². The molecule has 3 aliphatic heterocycles. The number of hydrazone groups is 1. The predicted octanol–water partition coefficient (Wildman–Crippen LogP) is 4.65. The number of nitrogens with zero attached hydrogens (tertiary/aromatic N) is 4. The van der Waals surface area contributed by atoms with Gasteiger partial charge in [-0.2, -0.15) is 10.0 Å². The number of amidine groups is 3. The Morgan fingerprint density at radius 2 is 1.89 bits per heavy atom. The van der Waals surface area contributed by atoms with E-state index in [9.17, 15) is 4.79 Å². The van der Waals surface area contributed by atoms with E-state index in [0.29, 0.717) is 28.8 Å². The topological polar surface area (TPSA) is 90.6 Å². The lowest BCUT2D eigenvalue weighted by Crippen LogP contribution is -2.35. The van der Waals surface area contributed by atoms with Crippen molar-refractivity contribution in [2.75, 3.05) is 20.2 Å². The average Bonchev–Trinajstić information content (AvgIpc) is 3.31. The minimum absolute atomic E-state index is 0.0263. The number of thioether (sulfide) groups is 1. The lowest BCUT2D eigenvalue weighted by molar-refractivity contribution is -0.114. The molecule has 0 atom stereocenters. The van der Waals surface area contributed by atoms with Crippen LogP contribution in [-0.4, -0.2) is 52.2 Å². The second-order valence-electron chi connectivity index (χ2n) is 8.58. The van der Waals surface area contributed by atoms with Crippen LogP contribution in [0.2, 0.25) is 0 Å². The van der Waals surface area contributed by atoms with Crippen molar-refractivity contribution < 1.29 is 14.3 Å². The first kappa shape index (κ1) is 23.2. The summed E-state index contributed by atoms with van der Waals surface area (Å²) in [7, 11) is 1.58. The Bertz CT molecular complexity index is 1260. The summed E-state index contributed by atoms with van der Waals surface area (Å²) in [6.45, 7) is 4.35. The number of carbonyl (C=O) groups is 1. The normalized spacial score (nSPS) is 19.0. The number of ether oxygens (including phenoxy) is 2. The van der Waals surface area contributed by atoms with Gasteiger partial charge in [-0.3, -0.25) is 10.2 Å². The Kier molecular flexibility index (Phi) is 6.59. The third-order valence-electron chi connectivity index (χ3n) is 6.21. The molecule has 180 valence electrons. The third-order valence-corrected chi connectivity index (χ3v) is 7.18. The van der Waals surface area contributed by atoms with Crippen LogP contribution < -0.4 is 9.47 Å². The monoisotopic (exact) mass is 489 g/mol. The fraction of sp³-hybridized carbons (Fsp3) is 0.308. The summed E-state index contributed by atoms with van der Waals surface area (Å²) in [6.07, 6.45) is 5.12. The highest BCUT2D eigenvalue weighted by atomic mass is 32.2. The highest BCUT2D eigenvalue weighted by molar-refractivity contribution is 8.26. The smallest absolute Gasteiger partial charge is 0.283 e. The highest BCUT2D eigenvalue weighted by Crippen LogP contribution is 2.33. The number of amides is 1. The zero-order valence-electron chi connectivity index (χ0n) is 19.8. The third kappa shape index (κ3) is 4.81. The van der Waals surface area contributed by atoms with Crippen molar-refractivity contribution in [2.45, 2.75) is 32.8 Å². The van der Waals surface area contributed by atoms with Gasteiger partial charge in [0.15, 0.2) is 22.5 Å². The SMILES string of the molecule is COc1cc(/C=C2\C(=N)N3N=C(N4CCCCC4)SC3=NC2=O)ccc1OCc1ccccc1C. The molecule has 0 spiro atoms. The lowest BCUT2D eigenvalue weighted by Gasteiger charge is -2.26. The van der Waals surface area contributed by atoms with Crippen LogP contribution in [-0.2, 0) is 11.4 Å². The summed E-state index contributed by atoms with van der Waals surface area (Å²) >= 11 is 1.36. The summed E-state index contributed by atoms with van der Waals surface area (Å²) < 4.78 is 11.5. The van der Waals surface area contributed by atoms with E-state index in [0.717, 1.165) is 42.2 Å². The Hall–Kier alpha value is -3.59. The van der Waals surface area contributed by atoms with Crippen molar-refractivity contribution in [3.63, 3.8) is 0 Å². The van der Waals surface area contributed by atoms with Crippen LogP contribution in [0.3, 0.4) is 0 Å². The van der Waals surface area contributed by atoms with Gasteiger partial charge in [-0.25, -0.2) is 0 Å². The van der Waals surface area contributed by atoms with Crippen LogP contribution in [0.15, 0.2) is 58.1 Å². The van der Waals surface area contributed by atoms with Gasteiger partial charge in [0.05, 0.1) is 12.7 Å². The molecule has 5 rings (SSSR count). The number of aliphatic imine (C=N–C) groups is 1. The molecule has 2 aromatic carbocycles. The molecule has 3 aliphatic rings. The molecule has 3 heterocycles. The van der Waals surface area contributed by atoms with Crippen molar-refractivity contribution in [1.82, 2.24) is 9.91 Å². The van der Waals surface area contributed by atoms with Crippen molar-refractivity contribution in [1.29, 1.82) is 5.41 Å². The van der Waals surface area contributed by atoms with Gasteiger partial charge in [0.25, 0.3) is 5.91 Å². The lowest BCUT2D eigenvalue weighted by atomic mass is 10.1. The molecule has 1 amide bonds. The molecule has 35 heavy (non-hydrogen) atoms. The number of methoxy groups -OCH3 is 1. The van der Waals surface area contributed by atoms with Crippen LogP contribution in [0.1, 0.15) is 36.0 Å². The molecule has 0 saturated carbocycles. The van der Waals surface area contributed by atoms with Gasteiger partial charge in [-0.05, 0) is 72.8 Å². The van der Waals surface area contributed by atoms with E-state index in [1.54, 1.807) is 19.3 Å². The molecular weight excluding hydrogens is 462 g/mol. The number of hydrogen-bond acceptors (Lipinski definition) is 7. The Morgan fingerprint density at radius 3 is 2.66 bits per heavy atom. The molecule has 0 unspecified atom stereocenters. The summed E-state index contributed by atoms with van der Waals surface area (Å²) in [6, 6.07) is 13.5. The number of fused-ring (bicyclic) bond motifs is 1. The number of likely N-dealkylation sites (tertiary alicyclic amines) is 1. The molecule has 0 bridgehead atoms. The van der Waals surface area contributed by atoms with E-state index < -0.39 is 5.91 Å². The van der Waals surface area contributed by atoms with Crippen LogP contribution >= 0.6 is 11.8 Å². The van der Waals surface area contributed by atoms with Gasteiger partial charge in [0.2, 0.25) is 5.17 Å². The maximum absolute atomic E-state index is 12.8. The largest absolute Gasteiger partial charge is 0.493 e. The van der Waals surface area contributed by atoms with E-state index in [1.165, 1.54) is 23.2 Å². The molecule has 0 aliphatic carbocycles. The molecule has 2 aromatic rings. The maximum atomic E-state index is 12.8. The first-order valence-electron chi connectivity index (χ1n) is 11.6. The van der Waals surface area contributed by atoms with E-state index in [-0.39, 0.29) is 11.4 Å². The predicted molar refractivity (Wildman–Crippen MR) is 139 cm³/mol. The second kappa shape index (κ2) is 9.95. The van der Waals surface area contributed by atoms with Gasteiger partial charge in [-0.15, -0.1) is 5.10 Å². The minimum Gasteiger partial charge on any atom is -0.493 e. The minimum atomic E-state index is -0.442. The average molecular weight is 490 g/mol. The molecule has 8 nitrogen and oxygen atoms in total. The van der Waals surface area contributed by atoms with Crippen LogP contribution in [0, 0.1) is 12.3 Å². The van der Waals surface area contributed by atoms with Gasteiger partial charge in [-0.1, -0.05) is 30.3 Å².